The SMILES string of the molecule is Cc1noc(NS(=O)(=O)c2ccccc2-c2ccccc2)c1Br.Cc1noc(NS(=O)(=O)c2ccccc2-c2ccccc2)c1Br. The van der Waals surface area contributed by atoms with Crippen LogP contribution in [0.5, 0.6) is 0 Å². The van der Waals surface area contributed by atoms with Crippen molar-refractivity contribution < 1.29 is 25.9 Å². The lowest BCUT2D eigenvalue weighted by Crippen LogP contribution is -2.14. The third-order valence-corrected chi connectivity index (χ3v) is 11.2. The van der Waals surface area contributed by atoms with Crippen molar-refractivity contribution in [1.29, 1.82) is 0 Å². The molecule has 10 nitrogen and oxygen atoms in total. The number of nitrogens with zero attached hydrogens (tertiary/aromatic N) is 2. The van der Waals surface area contributed by atoms with Crippen LogP contribution in [0.3, 0.4) is 0 Å². The van der Waals surface area contributed by atoms with Gasteiger partial charge in [0, 0.05) is 11.1 Å². The van der Waals surface area contributed by atoms with Crippen LogP contribution in [-0.2, 0) is 20.0 Å². The van der Waals surface area contributed by atoms with E-state index in [1.165, 1.54) is 0 Å². The van der Waals surface area contributed by atoms with Crippen molar-refractivity contribution in [2.24, 2.45) is 0 Å². The van der Waals surface area contributed by atoms with Gasteiger partial charge in [0.1, 0.15) is 8.95 Å². The van der Waals surface area contributed by atoms with E-state index in [4.69, 9.17) is 9.05 Å². The van der Waals surface area contributed by atoms with Crippen LogP contribution >= 0.6 is 31.9 Å². The maximum atomic E-state index is 12.7. The van der Waals surface area contributed by atoms with Crippen molar-refractivity contribution in [3.05, 3.63) is 130 Å². The minimum absolute atomic E-state index is 0.0605. The lowest BCUT2D eigenvalue weighted by Gasteiger charge is -2.11. The summed E-state index contributed by atoms with van der Waals surface area (Å²) in [6.45, 7) is 3.42. The number of rotatable bonds is 8. The van der Waals surface area contributed by atoms with Gasteiger partial charge in [-0.25, -0.2) is 26.3 Å². The molecule has 0 saturated carbocycles. The van der Waals surface area contributed by atoms with E-state index >= 15 is 0 Å². The van der Waals surface area contributed by atoms with Gasteiger partial charge in [0.2, 0.25) is 0 Å². The largest absolute Gasteiger partial charge is 0.336 e. The van der Waals surface area contributed by atoms with Gasteiger partial charge in [0.25, 0.3) is 31.8 Å². The molecule has 0 spiro atoms. The van der Waals surface area contributed by atoms with Crippen LogP contribution < -0.4 is 9.44 Å². The molecule has 0 fully saturated rings. The fourth-order valence-corrected chi connectivity index (χ4v) is 7.52. The number of anilines is 2. The summed E-state index contributed by atoms with van der Waals surface area (Å²) in [4.78, 5) is 0.347. The van der Waals surface area contributed by atoms with Gasteiger partial charge in [0.05, 0.1) is 21.2 Å². The fraction of sp³-hybridized carbons (Fsp3) is 0.0625. The molecule has 2 N–H and O–H groups in total. The molecule has 2 aromatic heterocycles. The van der Waals surface area contributed by atoms with Crippen LogP contribution in [0.15, 0.2) is 137 Å². The maximum Gasteiger partial charge on any atom is 0.264 e. The normalized spacial score (nSPS) is 11.4. The molecule has 6 aromatic rings. The van der Waals surface area contributed by atoms with E-state index in [-0.39, 0.29) is 21.6 Å². The zero-order valence-electron chi connectivity index (χ0n) is 24.3. The topological polar surface area (TPSA) is 144 Å². The van der Waals surface area contributed by atoms with Gasteiger partial charge in [-0.1, -0.05) is 107 Å². The number of halogens is 2. The van der Waals surface area contributed by atoms with E-state index in [1.807, 2.05) is 60.7 Å². The van der Waals surface area contributed by atoms with E-state index in [0.717, 1.165) is 11.1 Å². The predicted molar refractivity (Wildman–Crippen MR) is 183 cm³/mol. The van der Waals surface area contributed by atoms with Gasteiger partial charge in [-0.3, -0.25) is 0 Å². The molecule has 0 aliphatic carbocycles. The molecule has 2 heterocycles. The van der Waals surface area contributed by atoms with Crippen molar-refractivity contribution in [3.8, 4) is 22.3 Å². The average Bonchev–Trinajstić information content (AvgIpc) is 3.55. The summed E-state index contributed by atoms with van der Waals surface area (Å²) in [5.41, 5.74) is 4.02. The number of hydrogen-bond donors (Lipinski definition) is 2. The van der Waals surface area contributed by atoms with Gasteiger partial charge < -0.3 is 9.05 Å². The van der Waals surface area contributed by atoms with E-state index < -0.39 is 20.0 Å². The Morgan fingerprint density at radius 3 is 1.17 bits per heavy atom. The van der Waals surface area contributed by atoms with Crippen LogP contribution in [0.25, 0.3) is 22.3 Å². The molecule has 6 rings (SSSR count). The minimum atomic E-state index is -3.82. The summed E-state index contributed by atoms with van der Waals surface area (Å²) >= 11 is 6.51. The Morgan fingerprint density at radius 2 is 0.848 bits per heavy atom. The van der Waals surface area contributed by atoms with E-state index in [1.54, 1.807) is 62.4 Å². The van der Waals surface area contributed by atoms with Crippen LogP contribution in [0.2, 0.25) is 0 Å². The molecule has 0 unspecified atom stereocenters. The highest BCUT2D eigenvalue weighted by Crippen LogP contribution is 2.33. The first-order valence-electron chi connectivity index (χ1n) is 13.6. The summed E-state index contributed by atoms with van der Waals surface area (Å²) in [7, 11) is -7.63. The lowest BCUT2D eigenvalue weighted by molar-refractivity contribution is 0.430. The summed E-state index contributed by atoms with van der Waals surface area (Å²) in [6, 6.07) is 32.3. The summed E-state index contributed by atoms with van der Waals surface area (Å²) in [6.07, 6.45) is 0. The molecule has 0 aliphatic heterocycles. The van der Waals surface area contributed by atoms with Crippen molar-refractivity contribution in [2.45, 2.75) is 23.6 Å². The molecular weight excluding hydrogens is 760 g/mol. The second kappa shape index (κ2) is 14.0. The number of aryl methyl sites for hydroxylation is 2. The Labute approximate surface area is 283 Å². The molecule has 0 radical (unpaired) electrons. The third-order valence-electron chi connectivity index (χ3n) is 6.56. The molecule has 46 heavy (non-hydrogen) atoms. The summed E-state index contributed by atoms with van der Waals surface area (Å²) < 4.78 is 66.8. The van der Waals surface area contributed by atoms with Crippen LogP contribution in [0.1, 0.15) is 11.4 Å². The Kier molecular flexibility index (Phi) is 10.1. The van der Waals surface area contributed by atoms with E-state index in [2.05, 4.69) is 51.6 Å². The smallest absolute Gasteiger partial charge is 0.264 e. The first-order valence-corrected chi connectivity index (χ1v) is 18.1. The molecule has 0 atom stereocenters. The Morgan fingerprint density at radius 1 is 0.522 bits per heavy atom. The van der Waals surface area contributed by atoms with Gasteiger partial charge in [0.15, 0.2) is 0 Å². The van der Waals surface area contributed by atoms with E-state index in [9.17, 15) is 16.8 Å². The molecular formula is C32H26Br2N4O6S2. The highest BCUT2D eigenvalue weighted by atomic mass is 79.9. The molecule has 0 aliphatic rings. The standard InChI is InChI=1S/2C16H13BrN2O3S/c2*1-11-15(17)16(22-18-11)19-23(20,21)14-10-6-5-9-13(14)12-7-3-2-4-8-12/h2*2-10,19H,1H3. The number of aromatic nitrogens is 2. The Bertz CT molecular complexity index is 2030. The number of hydrogen-bond acceptors (Lipinski definition) is 8. The fourth-order valence-electron chi connectivity index (χ4n) is 4.31. The lowest BCUT2D eigenvalue weighted by atomic mass is 10.1. The first-order chi connectivity index (χ1) is 22.0. The first kappa shape index (κ1) is 33.1. The van der Waals surface area contributed by atoms with Crippen molar-refractivity contribution in [1.82, 2.24) is 10.3 Å². The highest BCUT2D eigenvalue weighted by molar-refractivity contribution is 9.11. The van der Waals surface area contributed by atoms with Gasteiger partial charge in [-0.05, 0) is 69.0 Å². The molecule has 4 aromatic carbocycles. The maximum absolute atomic E-state index is 12.7. The van der Waals surface area contributed by atoms with E-state index in [0.29, 0.717) is 31.5 Å². The zero-order valence-corrected chi connectivity index (χ0v) is 29.1. The van der Waals surface area contributed by atoms with Crippen molar-refractivity contribution >= 4 is 63.7 Å². The number of nitrogens with one attached hydrogen (secondary N) is 2. The Hall–Kier alpha value is -4.24. The zero-order chi connectivity index (χ0) is 32.9. The van der Waals surface area contributed by atoms with Crippen molar-refractivity contribution in [3.63, 3.8) is 0 Å². The van der Waals surface area contributed by atoms with Gasteiger partial charge >= 0.3 is 0 Å². The Balaban J connectivity index is 0.000000181. The van der Waals surface area contributed by atoms with Crippen LogP contribution in [0, 0.1) is 13.8 Å². The highest BCUT2D eigenvalue weighted by Gasteiger charge is 2.24. The average molecular weight is 787 g/mol. The van der Waals surface area contributed by atoms with Crippen LogP contribution in [0.4, 0.5) is 11.8 Å². The van der Waals surface area contributed by atoms with Crippen LogP contribution in [-0.4, -0.2) is 27.1 Å². The second-order valence-corrected chi connectivity index (χ2v) is 14.6. The monoisotopic (exact) mass is 784 g/mol. The molecule has 0 amide bonds. The van der Waals surface area contributed by atoms with Gasteiger partial charge in [-0.15, -0.1) is 0 Å². The minimum Gasteiger partial charge on any atom is -0.336 e. The molecule has 0 saturated heterocycles. The van der Waals surface area contributed by atoms with Crippen molar-refractivity contribution in [2.75, 3.05) is 9.44 Å². The molecule has 0 bridgehead atoms. The number of benzene rings is 4. The number of sulfonamides is 2. The quantitative estimate of drug-likeness (QED) is 0.157. The molecule has 14 heteroatoms. The summed E-state index contributed by atoms with van der Waals surface area (Å²) in [5, 5.41) is 7.45. The third kappa shape index (κ3) is 7.41. The second-order valence-electron chi connectivity index (χ2n) is 9.76. The van der Waals surface area contributed by atoms with Gasteiger partial charge in [-0.2, -0.15) is 0 Å². The predicted octanol–water partition coefficient (Wildman–Crippen LogP) is 8.43. The summed E-state index contributed by atoms with van der Waals surface area (Å²) in [5.74, 6) is 0.121. The molecule has 236 valence electrons.